The lowest BCUT2D eigenvalue weighted by Crippen LogP contribution is -2.30. The summed E-state index contributed by atoms with van der Waals surface area (Å²) in [7, 11) is 0. The van der Waals surface area contributed by atoms with Crippen molar-refractivity contribution >= 4 is 39.1 Å². The first-order chi connectivity index (χ1) is 10.4. The lowest BCUT2D eigenvalue weighted by molar-refractivity contribution is -0.122. The molecule has 0 spiro atoms. The van der Waals surface area contributed by atoms with E-state index in [1.54, 1.807) is 13.0 Å². The van der Waals surface area contributed by atoms with Gasteiger partial charge >= 0.3 is 0 Å². The van der Waals surface area contributed by atoms with Crippen LogP contribution in [0.2, 0.25) is 5.15 Å². The van der Waals surface area contributed by atoms with Crippen molar-refractivity contribution < 1.29 is 13.9 Å². The van der Waals surface area contributed by atoms with Crippen molar-refractivity contribution in [2.24, 2.45) is 0 Å². The molecule has 2 rings (SSSR count). The van der Waals surface area contributed by atoms with E-state index in [-0.39, 0.29) is 11.7 Å². The van der Waals surface area contributed by atoms with Crippen LogP contribution in [-0.4, -0.2) is 17.0 Å². The van der Waals surface area contributed by atoms with Crippen molar-refractivity contribution in [3.8, 4) is 5.75 Å². The monoisotopic (exact) mass is 386 g/mol. The lowest BCUT2D eigenvalue weighted by Gasteiger charge is -2.16. The number of carbonyl (C=O) groups is 1. The summed E-state index contributed by atoms with van der Waals surface area (Å²) in [5, 5.41) is 3.07. The highest BCUT2D eigenvalue weighted by Crippen LogP contribution is 2.26. The van der Waals surface area contributed by atoms with Crippen molar-refractivity contribution in [3.05, 3.63) is 51.5 Å². The second-order valence-electron chi connectivity index (χ2n) is 4.65. The van der Waals surface area contributed by atoms with Gasteiger partial charge in [-0.05, 0) is 59.6 Å². The van der Waals surface area contributed by atoms with Crippen LogP contribution in [-0.2, 0) is 4.79 Å². The van der Waals surface area contributed by atoms with Crippen LogP contribution in [0.4, 0.5) is 10.1 Å². The Kier molecular flexibility index (Phi) is 5.37. The van der Waals surface area contributed by atoms with Gasteiger partial charge in [-0.15, -0.1) is 0 Å². The fourth-order valence-corrected chi connectivity index (χ4v) is 2.36. The van der Waals surface area contributed by atoms with Gasteiger partial charge in [0.2, 0.25) is 0 Å². The number of hydrogen-bond acceptors (Lipinski definition) is 3. The number of nitrogens with one attached hydrogen (secondary N) is 1. The molecule has 1 aromatic carbocycles. The van der Waals surface area contributed by atoms with Gasteiger partial charge in [0.05, 0.1) is 16.4 Å². The first kappa shape index (κ1) is 16.7. The Morgan fingerprint density at radius 1 is 1.45 bits per heavy atom. The van der Waals surface area contributed by atoms with Crippen molar-refractivity contribution in [2.75, 3.05) is 5.32 Å². The minimum atomic E-state index is -0.767. The Morgan fingerprint density at radius 2 is 2.18 bits per heavy atom. The maximum Gasteiger partial charge on any atom is 0.265 e. The molecule has 22 heavy (non-hydrogen) atoms. The highest BCUT2D eigenvalue weighted by Gasteiger charge is 2.17. The van der Waals surface area contributed by atoms with E-state index in [1.165, 1.54) is 24.4 Å². The van der Waals surface area contributed by atoms with E-state index in [2.05, 4.69) is 26.2 Å². The second-order valence-corrected chi connectivity index (χ2v) is 5.89. The van der Waals surface area contributed by atoms with Crippen LogP contribution >= 0.6 is 27.5 Å². The number of hydrogen-bond donors (Lipinski definition) is 1. The summed E-state index contributed by atoms with van der Waals surface area (Å²) in [6.45, 7) is 3.41. The fourth-order valence-electron chi connectivity index (χ4n) is 1.70. The standard InChI is InChI=1S/C15H13BrClFN2O2/c1-8-5-14(17)19-7-12(8)20-15(21)9(2)22-13-4-3-10(18)6-11(13)16/h3-7,9H,1-2H3,(H,20,21). The minimum absolute atomic E-state index is 0.344. The largest absolute Gasteiger partial charge is 0.480 e. The third-order valence-electron chi connectivity index (χ3n) is 2.90. The Morgan fingerprint density at radius 3 is 2.82 bits per heavy atom. The second kappa shape index (κ2) is 7.07. The molecule has 1 N–H and O–H groups in total. The highest BCUT2D eigenvalue weighted by molar-refractivity contribution is 9.10. The lowest BCUT2D eigenvalue weighted by atomic mass is 10.2. The Labute approximate surface area is 140 Å². The molecular formula is C15H13BrClFN2O2. The maximum atomic E-state index is 13.0. The van der Waals surface area contributed by atoms with Crippen LogP contribution in [0.25, 0.3) is 0 Å². The predicted octanol–water partition coefficient (Wildman–Crippen LogP) is 4.35. The summed E-state index contributed by atoms with van der Waals surface area (Å²) in [6.07, 6.45) is 0.715. The number of anilines is 1. The van der Waals surface area contributed by atoms with E-state index >= 15 is 0 Å². The quantitative estimate of drug-likeness (QED) is 0.794. The number of carbonyl (C=O) groups excluding carboxylic acids is 1. The Balaban J connectivity index is 2.05. The molecule has 1 heterocycles. The van der Waals surface area contributed by atoms with Gasteiger partial charge in [-0.2, -0.15) is 0 Å². The number of nitrogens with zero attached hydrogens (tertiary/aromatic N) is 1. The summed E-state index contributed by atoms with van der Waals surface area (Å²) < 4.78 is 19.0. The van der Waals surface area contributed by atoms with E-state index in [9.17, 15) is 9.18 Å². The number of aromatic nitrogens is 1. The molecule has 7 heteroatoms. The van der Waals surface area contributed by atoms with Gasteiger partial charge in [-0.25, -0.2) is 9.37 Å². The molecule has 0 fully saturated rings. The van der Waals surface area contributed by atoms with Crippen LogP contribution in [0.3, 0.4) is 0 Å². The minimum Gasteiger partial charge on any atom is -0.480 e. The van der Waals surface area contributed by atoms with Gasteiger partial charge in [0, 0.05) is 0 Å². The molecule has 1 amide bonds. The van der Waals surface area contributed by atoms with Gasteiger partial charge in [0.1, 0.15) is 16.7 Å². The normalized spacial score (nSPS) is 11.9. The number of amides is 1. The average molecular weight is 388 g/mol. The van der Waals surface area contributed by atoms with Gasteiger partial charge in [-0.1, -0.05) is 11.6 Å². The van der Waals surface area contributed by atoms with Crippen molar-refractivity contribution in [2.45, 2.75) is 20.0 Å². The predicted molar refractivity (Wildman–Crippen MR) is 86.8 cm³/mol. The number of aryl methyl sites for hydroxylation is 1. The molecule has 116 valence electrons. The smallest absolute Gasteiger partial charge is 0.265 e. The summed E-state index contributed by atoms with van der Waals surface area (Å²) >= 11 is 8.96. The summed E-state index contributed by atoms with van der Waals surface area (Å²) in [6, 6.07) is 5.64. The first-order valence-electron chi connectivity index (χ1n) is 6.41. The number of ether oxygens (including phenoxy) is 1. The zero-order valence-electron chi connectivity index (χ0n) is 11.9. The molecular weight excluding hydrogens is 375 g/mol. The van der Waals surface area contributed by atoms with Crippen molar-refractivity contribution in [1.29, 1.82) is 0 Å². The summed E-state index contributed by atoms with van der Waals surface area (Å²) in [5.41, 5.74) is 1.35. The Hall–Kier alpha value is -1.66. The van der Waals surface area contributed by atoms with Gasteiger partial charge in [0.25, 0.3) is 5.91 Å². The molecule has 0 aliphatic rings. The molecule has 0 aliphatic carbocycles. The third-order valence-corrected chi connectivity index (χ3v) is 3.73. The van der Waals surface area contributed by atoms with E-state index in [0.717, 1.165) is 5.56 Å². The van der Waals surface area contributed by atoms with Crippen LogP contribution in [0.15, 0.2) is 34.9 Å². The van der Waals surface area contributed by atoms with Gasteiger partial charge in [0.15, 0.2) is 6.10 Å². The van der Waals surface area contributed by atoms with Crippen LogP contribution in [0.1, 0.15) is 12.5 Å². The fraction of sp³-hybridized carbons (Fsp3) is 0.200. The number of pyridine rings is 1. The third kappa shape index (κ3) is 4.18. The Bertz CT molecular complexity index is 712. The van der Waals surface area contributed by atoms with Crippen molar-refractivity contribution in [3.63, 3.8) is 0 Å². The van der Waals surface area contributed by atoms with Crippen LogP contribution < -0.4 is 10.1 Å². The molecule has 0 saturated heterocycles. The van der Waals surface area contributed by atoms with Crippen LogP contribution in [0.5, 0.6) is 5.75 Å². The number of rotatable bonds is 4. The maximum absolute atomic E-state index is 13.0. The molecule has 0 aliphatic heterocycles. The zero-order valence-corrected chi connectivity index (χ0v) is 14.2. The number of benzene rings is 1. The number of halogens is 3. The molecule has 2 aromatic rings. The summed E-state index contributed by atoms with van der Waals surface area (Å²) in [4.78, 5) is 16.1. The first-order valence-corrected chi connectivity index (χ1v) is 7.58. The van der Waals surface area contributed by atoms with Crippen LogP contribution in [0, 0.1) is 12.7 Å². The molecule has 1 atom stereocenters. The highest BCUT2D eigenvalue weighted by atomic mass is 79.9. The molecule has 0 saturated carbocycles. The molecule has 0 radical (unpaired) electrons. The SMILES string of the molecule is Cc1cc(Cl)ncc1NC(=O)C(C)Oc1ccc(F)cc1Br. The van der Waals surface area contributed by atoms with Gasteiger partial charge in [-0.3, -0.25) is 4.79 Å². The molecule has 0 bridgehead atoms. The van der Waals surface area contributed by atoms with Gasteiger partial charge < -0.3 is 10.1 Å². The molecule has 1 unspecified atom stereocenters. The zero-order chi connectivity index (χ0) is 16.3. The average Bonchev–Trinajstić information content (AvgIpc) is 2.44. The van der Waals surface area contributed by atoms with E-state index in [1.807, 2.05) is 6.92 Å². The van der Waals surface area contributed by atoms with E-state index < -0.39 is 6.10 Å². The van der Waals surface area contributed by atoms with E-state index in [0.29, 0.717) is 21.1 Å². The van der Waals surface area contributed by atoms with E-state index in [4.69, 9.17) is 16.3 Å². The summed E-state index contributed by atoms with van der Waals surface area (Å²) in [5.74, 6) is -0.349. The van der Waals surface area contributed by atoms with Crippen molar-refractivity contribution in [1.82, 2.24) is 4.98 Å². The molecule has 1 aromatic heterocycles. The molecule has 4 nitrogen and oxygen atoms in total. The topological polar surface area (TPSA) is 51.2 Å².